The SMILES string of the molecule is CCC(C)(O)CN[C@@H](C)c1ccc(Cl)cc1. The van der Waals surface area contributed by atoms with Crippen LogP contribution in [0, 0.1) is 0 Å². The highest BCUT2D eigenvalue weighted by molar-refractivity contribution is 6.30. The largest absolute Gasteiger partial charge is 0.389 e. The molecule has 0 aliphatic rings. The Morgan fingerprint density at radius 2 is 1.94 bits per heavy atom. The first-order valence-corrected chi connectivity index (χ1v) is 6.03. The van der Waals surface area contributed by atoms with Gasteiger partial charge in [0.25, 0.3) is 0 Å². The summed E-state index contributed by atoms with van der Waals surface area (Å²) < 4.78 is 0. The summed E-state index contributed by atoms with van der Waals surface area (Å²) in [5.74, 6) is 0. The molecule has 3 heteroatoms. The van der Waals surface area contributed by atoms with E-state index < -0.39 is 5.60 Å². The van der Waals surface area contributed by atoms with Gasteiger partial charge in [0.05, 0.1) is 5.60 Å². The summed E-state index contributed by atoms with van der Waals surface area (Å²) in [7, 11) is 0. The van der Waals surface area contributed by atoms with E-state index in [0.717, 1.165) is 11.4 Å². The Bertz CT molecular complexity index is 321. The maximum Gasteiger partial charge on any atom is 0.0741 e. The molecule has 0 saturated heterocycles. The molecule has 2 nitrogen and oxygen atoms in total. The molecule has 16 heavy (non-hydrogen) atoms. The third-order valence-electron chi connectivity index (χ3n) is 2.92. The zero-order chi connectivity index (χ0) is 12.2. The van der Waals surface area contributed by atoms with Crippen molar-refractivity contribution in [2.45, 2.75) is 38.8 Å². The minimum atomic E-state index is -0.638. The Balaban J connectivity index is 2.53. The summed E-state index contributed by atoms with van der Waals surface area (Å²) >= 11 is 5.83. The molecule has 0 spiro atoms. The molecule has 0 aromatic heterocycles. The van der Waals surface area contributed by atoms with Gasteiger partial charge in [-0.25, -0.2) is 0 Å². The van der Waals surface area contributed by atoms with Gasteiger partial charge in [-0.3, -0.25) is 0 Å². The van der Waals surface area contributed by atoms with Crippen LogP contribution in [0.4, 0.5) is 0 Å². The number of halogens is 1. The summed E-state index contributed by atoms with van der Waals surface area (Å²) in [4.78, 5) is 0. The van der Waals surface area contributed by atoms with Crippen LogP contribution in [-0.2, 0) is 0 Å². The molecule has 0 radical (unpaired) electrons. The van der Waals surface area contributed by atoms with Gasteiger partial charge in [-0.2, -0.15) is 0 Å². The van der Waals surface area contributed by atoms with Crippen molar-refractivity contribution in [2.24, 2.45) is 0 Å². The fourth-order valence-corrected chi connectivity index (χ4v) is 1.49. The monoisotopic (exact) mass is 241 g/mol. The van der Waals surface area contributed by atoms with E-state index in [9.17, 15) is 5.11 Å². The molecule has 0 aliphatic carbocycles. The molecule has 1 rings (SSSR count). The second-order valence-corrected chi connectivity index (χ2v) is 4.94. The van der Waals surface area contributed by atoms with E-state index in [1.165, 1.54) is 5.56 Å². The summed E-state index contributed by atoms with van der Waals surface area (Å²) in [5, 5.41) is 13.9. The molecule has 1 aromatic carbocycles. The Morgan fingerprint density at radius 3 is 2.44 bits per heavy atom. The highest BCUT2D eigenvalue weighted by Crippen LogP contribution is 2.17. The predicted molar refractivity (Wildman–Crippen MR) is 68.8 cm³/mol. The molecule has 0 fully saturated rings. The maximum absolute atomic E-state index is 9.88. The number of aliphatic hydroxyl groups is 1. The highest BCUT2D eigenvalue weighted by Gasteiger charge is 2.18. The number of hydrogen-bond donors (Lipinski definition) is 2. The lowest BCUT2D eigenvalue weighted by Gasteiger charge is -2.24. The summed E-state index contributed by atoms with van der Waals surface area (Å²) in [5.41, 5.74) is 0.539. The lowest BCUT2D eigenvalue weighted by molar-refractivity contribution is 0.0533. The smallest absolute Gasteiger partial charge is 0.0741 e. The minimum absolute atomic E-state index is 0.218. The topological polar surface area (TPSA) is 32.3 Å². The van der Waals surface area contributed by atoms with Gasteiger partial charge < -0.3 is 10.4 Å². The third kappa shape index (κ3) is 4.12. The van der Waals surface area contributed by atoms with Gasteiger partial charge in [-0.05, 0) is 38.0 Å². The van der Waals surface area contributed by atoms with Crippen molar-refractivity contribution in [3.05, 3.63) is 34.9 Å². The molecule has 0 heterocycles. The first-order chi connectivity index (χ1) is 7.44. The van der Waals surface area contributed by atoms with Crippen molar-refractivity contribution in [3.8, 4) is 0 Å². The quantitative estimate of drug-likeness (QED) is 0.830. The predicted octanol–water partition coefficient (Wildman–Crippen LogP) is 3.15. The fraction of sp³-hybridized carbons (Fsp3) is 0.538. The van der Waals surface area contributed by atoms with Gasteiger partial charge in [-0.1, -0.05) is 30.7 Å². The molecule has 1 aromatic rings. The second-order valence-electron chi connectivity index (χ2n) is 4.50. The molecular weight excluding hydrogens is 222 g/mol. The van der Waals surface area contributed by atoms with Crippen molar-refractivity contribution in [2.75, 3.05) is 6.54 Å². The van der Waals surface area contributed by atoms with Crippen LogP contribution in [0.3, 0.4) is 0 Å². The van der Waals surface area contributed by atoms with Crippen LogP contribution in [0.25, 0.3) is 0 Å². The fourth-order valence-electron chi connectivity index (χ4n) is 1.37. The summed E-state index contributed by atoms with van der Waals surface area (Å²) in [6.07, 6.45) is 0.743. The molecule has 0 saturated carbocycles. The van der Waals surface area contributed by atoms with Gasteiger partial charge in [0.2, 0.25) is 0 Å². The zero-order valence-electron chi connectivity index (χ0n) is 10.1. The van der Waals surface area contributed by atoms with Crippen LogP contribution < -0.4 is 5.32 Å². The lowest BCUT2D eigenvalue weighted by atomic mass is 10.0. The van der Waals surface area contributed by atoms with Crippen molar-refractivity contribution in [1.29, 1.82) is 0 Å². The van der Waals surface area contributed by atoms with E-state index in [0.29, 0.717) is 6.54 Å². The molecule has 1 unspecified atom stereocenters. The molecule has 0 amide bonds. The molecule has 90 valence electrons. The van der Waals surface area contributed by atoms with Gasteiger partial charge in [-0.15, -0.1) is 0 Å². The van der Waals surface area contributed by atoms with Crippen LogP contribution in [-0.4, -0.2) is 17.3 Å². The van der Waals surface area contributed by atoms with Crippen LogP contribution >= 0.6 is 11.6 Å². The van der Waals surface area contributed by atoms with Gasteiger partial charge in [0, 0.05) is 17.6 Å². The molecule has 0 aliphatic heterocycles. The number of benzene rings is 1. The van der Waals surface area contributed by atoms with Gasteiger partial charge >= 0.3 is 0 Å². The number of nitrogens with one attached hydrogen (secondary N) is 1. The van der Waals surface area contributed by atoms with Crippen molar-refractivity contribution in [1.82, 2.24) is 5.32 Å². The highest BCUT2D eigenvalue weighted by atomic mass is 35.5. The van der Waals surface area contributed by atoms with E-state index in [1.54, 1.807) is 0 Å². The van der Waals surface area contributed by atoms with E-state index in [4.69, 9.17) is 11.6 Å². The maximum atomic E-state index is 9.88. The standard InChI is InChI=1S/C13H20ClNO/c1-4-13(3,16)9-15-10(2)11-5-7-12(14)8-6-11/h5-8,10,15-16H,4,9H2,1-3H3/t10-,13?/m0/s1. The Labute approximate surface area is 103 Å². The van der Waals surface area contributed by atoms with E-state index in [1.807, 2.05) is 38.1 Å². The van der Waals surface area contributed by atoms with Crippen LogP contribution in [0.2, 0.25) is 5.02 Å². The average Bonchev–Trinajstić information content (AvgIpc) is 2.27. The van der Waals surface area contributed by atoms with Gasteiger partial charge in [0.15, 0.2) is 0 Å². The van der Waals surface area contributed by atoms with Crippen molar-refractivity contribution in [3.63, 3.8) is 0 Å². The van der Waals surface area contributed by atoms with Crippen molar-refractivity contribution < 1.29 is 5.11 Å². The van der Waals surface area contributed by atoms with Crippen LogP contribution in [0.1, 0.15) is 38.8 Å². The minimum Gasteiger partial charge on any atom is -0.389 e. The second kappa shape index (κ2) is 5.67. The summed E-state index contributed by atoms with van der Waals surface area (Å²) in [6, 6.07) is 7.98. The van der Waals surface area contributed by atoms with Crippen LogP contribution in [0.15, 0.2) is 24.3 Å². The first-order valence-electron chi connectivity index (χ1n) is 5.66. The molecule has 0 bridgehead atoms. The Morgan fingerprint density at radius 1 is 1.38 bits per heavy atom. The normalized spacial score (nSPS) is 16.8. The molecule has 2 N–H and O–H groups in total. The number of rotatable bonds is 5. The molecule has 2 atom stereocenters. The number of hydrogen-bond acceptors (Lipinski definition) is 2. The van der Waals surface area contributed by atoms with E-state index >= 15 is 0 Å². The van der Waals surface area contributed by atoms with Crippen LogP contribution in [0.5, 0.6) is 0 Å². The Hall–Kier alpha value is -0.570. The average molecular weight is 242 g/mol. The third-order valence-corrected chi connectivity index (χ3v) is 3.17. The first kappa shape index (κ1) is 13.5. The molecular formula is C13H20ClNO. The zero-order valence-corrected chi connectivity index (χ0v) is 10.9. The lowest BCUT2D eigenvalue weighted by Crippen LogP contribution is -2.38. The Kier molecular flexibility index (Phi) is 4.78. The van der Waals surface area contributed by atoms with E-state index in [-0.39, 0.29) is 6.04 Å². The van der Waals surface area contributed by atoms with E-state index in [2.05, 4.69) is 12.2 Å². The van der Waals surface area contributed by atoms with Crippen molar-refractivity contribution >= 4 is 11.6 Å². The van der Waals surface area contributed by atoms with Gasteiger partial charge in [0.1, 0.15) is 0 Å². The summed E-state index contributed by atoms with van der Waals surface area (Å²) in [6.45, 7) is 6.49.